The molecule has 0 spiro atoms. The Morgan fingerprint density at radius 1 is 1.24 bits per heavy atom. The number of nitrogens with one attached hydrogen (secondary N) is 1. The number of amides is 1. The Balaban J connectivity index is 2.55. The second kappa shape index (κ2) is 7.65. The van der Waals surface area contributed by atoms with Gasteiger partial charge in [-0.25, -0.2) is 0 Å². The number of carbonyl (C=O) groups is 1. The van der Waals surface area contributed by atoms with E-state index in [2.05, 4.69) is 5.32 Å². The first-order chi connectivity index (χ1) is 8.29. The van der Waals surface area contributed by atoms with Gasteiger partial charge >= 0.3 is 0 Å². The van der Waals surface area contributed by atoms with E-state index in [1.807, 2.05) is 0 Å². The van der Waals surface area contributed by atoms with Gasteiger partial charge in [0.15, 0.2) is 0 Å². The number of hydrogen-bond acceptors (Lipinski definition) is 4. The number of para-hydroxylation sites is 1. The van der Waals surface area contributed by atoms with Crippen LogP contribution >= 0.6 is 0 Å². The first-order valence-electron chi connectivity index (χ1n) is 5.69. The monoisotopic (exact) mass is 237 g/mol. The van der Waals surface area contributed by atoms with E-state index in [0.29, 0.717) is 24.4 Å². The van der Waals surface area contributed by atoms with Gasteiger partial charge in [0.05, 0.1) is 5.56 Å². The molecule has 0 fully saturated rings. The maximum Gasteiger partial charge on any atom is 0.255 e. The van der Waals surface area contributed by atoms with Crippen LogP contribution in [-0.2, 0) is 0 Å². The maximum atomic E-state index is 11.8. The van der Waals surface area contributed by atoms with Crippen LogP contribution in [0.1, 0.15) is 23.2 Å². The van der Waals surface area contributed by atoms with E-state index < -0.39 is 0 Å². The van der Waals surface area contributed by atoms with Crippen molar-refractivity contribution in [2.24, 2.45) is 11.5 Å². The molecule has 5 N–H and O–H groups in total. The maximum absolute atomic E-state index is 11.8. The summed E-state index contributed by atoms with van der Waals surface area (Å²) in [5.74, 6) is 0.359. The van der Waals surface area contributed by atoms with Crippen molar-refractivity contribution in [3.8, 4) is 5.75 Å². The van der Waals surface area contributed by atoms with Gasteiger partial charge in [0.2, 0.25) is 0 Å². The van der Waals surface area contributed by atoms with E-state index in [0.717, 1.165) is 12.8 Å². The molecule has 0 aliphatic rings. The van der Waals surface area contributed by atoms with Crippen LogP contribution in [0.25, 0.3) is 0 Å². The second-order valence-corrected chi connectivity index (χ2v) is 3.56. The number of rotatable bonds is 7. The molecule has 0 aliphatic carbocycles. The summed E-state index contributed by atoms with van der Waals surface area (Å²) in [6, 6.07) is 7.03. The second-order valence-electron chi connectivity index (χ2n) is 3.56. The van der Waals surface area contributed by atoms with Crippen LogP contribution in [-0.4, -0.2) is 25.7 Å². The van der Waals surface area contributed by atoms with Crippen molar-refractivity contribution in [3.63, 3.8) is 0 Å². The lowest BCUT2D eigenvalue weighted by Crippen LogP contribution is -2.25. The van der Waals surface area contributed by atoms with Crippen LogP contribution in [0.5, 0.6) is 5.75 Å². The lowest BCUT2D eigenvalue weighted by molar-refractivity contribution is 0.0949. The van der Waals surface area contributed by atoms with Gasteiger partial charge in [-0.1, -0.05) is 12.1 Å². The molecule has 0 radical (unpaired) electrons. The van der Waals surface area contributed by atoms with Crippen LogP contribution in [0.15, 0.2) is 24.3 Å². The zero-order valence-corrected chi connectivity index (χ0v) is 9.82. The van der Waals surface area contributed by atoms with Gasteiger partial charge in [-0.15, -0.1) is 0 Å². The summed E-state index contributed by atoms with van der Waals surface area (Å²) in [5.41, 5.74) is 11.2. The Hall–Kier alpha value is -1.59. The fourth-order valence-electron chi connectivity index (χ4n) is 1.44. The van der Waals surface area contributed by atoms with Crippen LogP contribution in [0.4, 0.5) is 0 Å². The number of benzene rings is 1. The third-order valence-electron chi connectivity index (χ3n) is 2.29. The van der Waals surface area contributed by atoms with Crippen LogP contribution < -0.4 is 21.5 Å². The van der Waals surface area contributed by atoms with Crippen LogP contribution in [0.2, 0.25) is 0 Å². The molecule has 0 heterocycles. The molecule has 17 heavy (non-hydrogen) atoms. The zero-order chi connectivity index (χ0) is 12.5. The normalized spacial score (nSPS) is 10.0. The van der Waals surface area contributed by atoms with Crippen molar-refractivity contribution in [2.75, 3.05) is 19.8 Å². The molecule has 0 aliphatic heterocycles. The minimum absolute atomic E-state index is 0.0530. The molecule has 0 unspecified atom stereocenters. The Morgan fingerprint density at radius 2 is 2.00 bits per heavy atom. The molecule has 0 saturated carbocycles. The first kappa shape index (κ1) is 13.5. The summed E-state index contributed by atoms with van der Waals surface area (Å²) in [6.07, 6.45) is 1.78. The average molecular weight is 237 g/mol. The summed E-state index contributed by atoms with van der Waals surface area (Å²) in [7, 11) is 0. The van der Waals surface area contributed by atoms with Crippen molar-refractivity contribution in [1.82, 2.24) is 5.32 Å². The van der Waals surface area contributed by atoms with Crippen LogP contribution in [0, 0.1) is 0 Å². The minimum Gasteiger partial charge on any atom is -0.478 e. The van der Waals surface area contributed by atoms with E-state index in [1.165, 1.54) is 0 Å². The fraction of sp³-hybridized carbons (Fsp3) is 0.417. The SMILES string of the molecule is NCCCCNC(=O)c1ccccc1OCN. The summed E-state index contributed by atoms with van der Waals surface area (Å²) in [4.78, 5) is 11.8. The number of nitrogens with two attached hydrogens (primary N) is 2. The Bertz CT molecular complexity index is 355. The highest BCUT2D eigenvalue weighted by atomic mass is 16.5. The lowest BCUT2D eigenvalue weighted by Gasteiger charge is -2.09. The summed E-state index contributed by atoms with van der Waals surface area (Å²) < 4.78 is 5.18. The standard InChI is InChI=1S/C12H19N3O2/c13-7-3-4-8-15-12(16)10-5-1-2-6-11(10)17-9-14/h1-2,5-6H,3-4,7-9,13-14H2,(H,15,16). The average Bonchev–Trinajstić information content (AvgIpc) is 2.35. The molecule has 1 aromatic carbocycles. The molecule has 0 atom stereocenters. The molecule has 94 valence electrons. The first-order valence-corrected chi connectivity index (χ1v) is 5.69. The van der Waals surface area contributed by atoms with Gasteiger partial charge in [-0.2, -0.15) is 0 Å². The molecule has 0 bridgehead atoms. The van der Waals surface area contributed by atoms with Crippen molar-refractivity contribution < 1.29 is 9.53 Å². The number of hydrogen-bond donors (Lipinski definition) is 3. The largest absolute Gasteiger partial charge is 0.478 e. The molecule has 1 amide bonds. The molecule has 5 heteroatoms. The van der Waals surface area contributed by atoms with Crippen molar-refractivity contribution in [2.45, 2.75) is 12.8 Å². The topological polar surface area (TPSA) is 90.4 Å². The van der Waals surface area contributed by atoms with Gasteiger partial charge in [-0.05, 0) is 31.5 Å². The predicted molar refractivity (Wildman–Crippen MR) is 66.7 cm³/mol. The highest BCUT2D eigenvalue weighted by molar-refractivity contribution is 5.96. The van der Waals surface area contributed by atoms with Crippen molar-refractivity contribution in [1.29, 1.82) is 0 Å². The third-order valence-corrected chi connectivity index (χ3v) is 2.29. The molecular weight excluding hydrogens is 218 g/mol. The molecule has 1 rings (SSSR count). The Kier molecular flexibility index (Phi) is 6.06. The van der Waals surface area contributed by atoms with Gasteiger partial charge < -0.3 is 15.8 Å². The highest BCUT2D eigenvalue weighted by Gasteiger charge is 2.10. The molecule has 0 aromatic heterocycles. The quantitative estimate of drug-likeness (QED) is 0.474. The van der Waals surface area contributed by atoms with E-state index in [1.54, 1.807) is 24.3 Å². The van der Waals surface area contributed by atoms with E-state index in [4.69, 9.17) is 16.2 Å². The summed E-state index contributed by atoms with van der Waals surface area (Å²) >= 11 is 0. The van der Waals surface area contributed by atoms with Gasteiger partial charge in [0, 0.05) is 6.54 Å². The summed E-state index contributed by atoms with van der Waals surface area (Å²) in [6.45, 7) is 1.31. The van der Waals surface area contributed by atoms with Gasteiger partial charge in [0.1, 0.15) is 12.5 Å². The minimum atomic E-state index is -0.147. The highest BCUT2D eigenvalue weighted by Crippen LogP contribution is 2.17. The predicted octanol–water partition coefficient (Wildman–Crippen LogP) is 0.450. The van der Waals surface area contributed by atoms with Gasteiger partial charge in [-0.3, -0.25) is 10.5 Å². The molecule has 5 nitrogen and oxygen atoms in total. The van der Waals surface area contributed by atoms with E-state index in [9.17, 15) is 4.79 Å². The van der Waals surface area contributed by atoms with Crippen molar-refractivity contribution in [3.05, 3.63) is 29.8 Å². The Labute approximate surface area is 101 Å². The fourth-order valence-corrected chi connectivity index (χ4v) is 1.44. The number of unbranched alkanes of at least 4 members (excludes halogenated alkanes) is 1. The smallest absolute Gasteiger partial charge is 0.255 e. The third kappa shape index (κ3) is 4.42. The van der Waals surface area contributed by atoms with E-state index >= 15 is 0 Å². The van der Waals surface area contributed by atoms with Crippen LogP contribution in [0.3, 0.4) is 0 Å². The molecular formula is C12H19N3O2. The lowest BCUT2D eigenvalue weighted by atomic mass is 10.2. The Morgan fingerprint density at radius 3 is 2.71 bits per heavy atom. The van der Waals surface area contributed by atoms with Gasteiger partial charge in [0.25, 0.3) is 5.91 Å². The molecule has 0 saturated heterocycles. The van der Waals surface area contributed by atoms with Crippen molar-refractivity contribution >= 4 is 5.91 Å². The summed E-state index contributed by atoms with van der Waals surface area (Å²) in [5, 5.41) is 2.82. The zero-order valence-electron chi connectivity index (χ0n) is 9.82. The number of ether oxygens (including phenoxy) is 1. The molecule has 1 aromatic rings. The number of carbonyl (C=O) groups excluding carboxylic acids is 1. The van der Waals surface area contributed by atoms with E-state index in [-0.39, 0.29) is 12.6 Å².